The summed E-state index contributed by atoms with van der Waals surface area (Å²) in [5.74, 6) is -0.00618. The highest BCUT2D eigenvalue weighted by molar-refractivity contribution is 7.92. The number of nitrogens with zero attached hydrogens (tertiary/aromatic N) is 1. The first-order valence-corrected chi connectivity index (χ1v) is 10.7. The summed E-state index contributed by atoms with van der Waals surface area (Å²) in [4.78, 5) is 12.2. The van der Waals surface area contributed by atoms with Crippen molar-refractivity contribution in [1.29, 1.82) is 0 Å². The monoisotopic (exact) mass is 450 g/mol. The van der Waals surface area contributed by atoms with Crippen molar-refractivity contribution in [1.82, 2.24) is 5.32 Å². The molecule has 0 heterocycles. The summed E-state index contributed by atoms with van der Waals surface area (Å²) in [6.07, 6.45) is 0.992. The standard InChI is InChI=1S/C17H17Cl3N2O4S/c1-27(24,25)22(15-7-6-12(18)10-14(15)20)11-17(23)21-8-9-26-16-5-3-2-4-13(16)19/h2-7,10H,8-9,11H2,1H3,(H,21,23). The van der Waals surface area contributed by atoms with Crippen LogP contribution in [0.25, 0.3) is 0 Å². The molecular formula is C17H17Cl3N2O4S. The number of halogens is 3. The minimum Gasteiger partial charge on any atom is -0.490 e. The second-order valence-electron chi connectivity index (χ2n) is 5.49. The molecule has 1 N–H and O–H groups in total. The van der Waals surface area contributed by atoms with Gasteiger partial charge in [0.05, 0.1) is 28.5 Å². The molecule has 0 atom stereocenters. The molecule has 2 rings (SSSR count). The number of benzene rings is 2. The maximum absolute atomic E-state index is 12.2. The number of amides is 1. The molecule has 6 nitrogen and oxygen atoms in total. The van der Waals surface area contributed by atoms with Crippen LogP contribution in [-0.2, 0) is 14.8 Å². The van der Waals surface area contributed by atoms with Gasteiger partial charge in [-0.25, -0.2) is 8.42 Å². The quantitative estimate of drug-likeness (QED) is 0.622. The van der Waals surface area contributed by atoms with Crippen LogP contribution in [0.3, 0.4) is 0 Å². The van der Waals surface area contributed by atoms with Crippen LogP contribution in [0.4, 0.5) is 5.69 Å². The molecule has 0 aliphatic heterocycles. The summed E-state index contributed by atoms with van der Waals surface area (Å²) in [7, 11) is -3.73. The Morgan fingerprint density at radius 3 is 2.44 bits per heavy atom. The maximum Gasteiger partial charge on any atom is 0.240 e. The minimum absolute atomic E-state index is 0.128. The highest BCUT2D eigenvalue weighted by Crippen LogP contribution is 2.30. The molecule has 2 aromatic carbocycles. The molecule has 10 heteroatoms. The topological polar surface area (TPSA) is 75.7 Å². The Hall–Kier alpha value is -1.67. The zero-order valence-electron chi connectivity index (χ0n) is 14.3. The van der Waals surface area contributed by atoms with Crippen LogP contribution < -0.4 is 14.4 Å². The number of hydrogen-bond donors (Lipinski definition) is 1. The van der Waals surface area contributed by atoms with Crippen LogP contribution >= 0.6 is 34.8 Å². The smallest absolute Gasteiger partial charge is 0.240 e. The number of nitrogens with one attached hydrogen (secondary N) is 1. The highest BCUT2D eigenvalue weighted by Gasteiger charge is 2.23. The van der Waals surface area contributed by atoms with Gasteiger partial charge in [-0.1, -0.05) is 46.9 Å². The first-order valence-electron chi connectivity index (χ1n) is 7.75. The van der Waals surface area contributed by atoms with Gasteiger partial charge < -0.3 is 10.1 Å². The first-order chi connectivity index (χ1) is 12.7. The predicted octanol–water partition coefficient (Wildman–Crippen LogP) is 3.61. The molecule has 0 unspecified atom stereocenters. The van der Waals surface area contributed by atoms with Crippen molar-refractivity contribution < 1.29 is 17.9 Å². The van der Waals surface area contributed by atoms with E-state index in [2.05, 4.69) is 5.32 Å². The Morgan fingerprint density at radius 2 is 1.81 bits per heavy atom. The normalized spacial score (nSPS) is 11.1. The predicted molar refractivity (Wildman–Crippen MR) is 109 cm³/mol. The fourth-order valence-electron chi connectivity index (χ4n) is 2.16. The van der Waals surface area contributed by atoms with E-state index in [-0.39, 0.29) is 23.9 Å². The lowest BCUT2D eigenvalue weighted by Gasteiger charge is -2.23. The molecule has 0 aliphatic rings. The lowest BCUT2D eigenvalue weighted by atomic mass is 10.3. The number of ether oxygens (including phenoxy) is 1. The molecule has 0 fully saturated rings. The van der Waals surface area contributed by atoms with Gasteiger partial charge in [0.15, 0.2) is 0 Å². The Kier molecular flexibility index (Phi) is 7.61. The lowest BCUT2D eigenvalue weighted by Crippen LogP contribution is -2.41. The Labute approximate surface area is 173 Å². The van der Waals surface area contributed by atoms with Crippen LogP contribution in [0.5, 0.6) is 5.75 Å². The molecule has 0 radical (unpaired) electrons. The average Bonchev–Trinajstić information content (AvgIpc) is 2.58. The molecule has 0 bridgehead atoms. The fraction of sp³-hybridized carbons (Fsp3) is 0.235. The highest BCUT2D eigenvalue weighted by atomic mass is 35.5. The summed E-state index contributed by atoms with van der Waals surface area (Å²) in [6, 6.07) is 11.3. The lowest BCUT2D eigenvalue weighted by molar-refractivity contribution is -0.119. The van der Waals surface area contributed by atoms with E-state index >= 15 is 0 Å². The molecule has 0 aliphatic carbocycles. The number of carbonyl (C=O) groups is 1. The van der Waals surface area contributed by atoms with Crippen molar-refractivity contribution in [2.24, 2.45) is 0 Å². The number of anilines is 1. The van der Waals surface area contributed by atoms with Gasteiger partial charge in [-0.3, -0.25) is 9.10 Å². The molecule has 146 valence electrons. The van der Waals surface area contributed by atoms with Gasteiger partial charge in [-0.15, -0.1) is 0 Å². The molecule has 0 spiro atoms. The Morgan fingerprint density at radius 1 is 1.11 bits per heavy atom. The van der Waals surface area contributed by atoms with Gasteiger partial charge in [-0.2, -0.15) is 0 Å². The molecule has 0 aromatic heterocycles. The summed E-state index contributed by atoms with van der Waals surface area (Å²) < 4.78 is 30.5. The molecule has 1 amide bonds. The van der Waals surface area contributed by atoms with E-state index in [9.17, 15) is 13.2 Å². The SMILES string of the molecule is CS(=O)(=O)N(CC(=O)NCCOc1ccccc1Cl)c1ccc(Cl)cc1Cl. The van der Waals surface area contributed by atoms with E-state index in [1.54, 1.807) is 24.3 Å². The van der Waals surface area contributed by atoms with E-state index in [0.717, 1.165) is 10.6 Å². The van der Waals surface area contributed by atoms with E-state index in [1.807, 2.05) is 0 Å². The van der Waals surface area contributed by atoms with E-state index in [0.29, 0.717) is 15.8 Å². The van der Waals surface area contributed by atoms with Crippen molar-refractivity contribution in [2.45, 2.75) is 0 Å². The van der Waals surface area contributed by atoms with Crippen molar-refractivity contribution in [2.75, 3.05) is 30.3 Å². The summed E-state index contributed by atoms with van der Waals surface area (Å²) in [5, 5.41) is 3.54. The zero-order chi connectivity index (χ0) is 20.0. The molecule has 2 aromatic rings. The molecule has 0 saturated carbocycles. The summed E-state index contributed by atoms with van der Waals surface area (Å²) in [5.41, 5.74) is 0.172. The van der Waals surface area contributed by atoms with Crippen LogP contribution in [0.1, 0.15) is 0 Å². The zero-order valence-corrected chi connectivity index (χ0v) is 17.4. The van der Waals surface area contributed by atoms with Crippen molar-refractivity contribution in [3.63, 3.8) is 0 Å². The van der Waals surface area contributed by atoms with Gasteiger partial charge in [0, 0.05) is 5.02 Å². The van der Waals surface area contributed by atoms with Gasteiger partial charge in [-0.05, 0) is 30.3 Å². The fourth-order valence-corrected chi connectivity index (χ4v) is 3.78. The van der Waals surface area contributed by atoms with Crippen LogP contribution in [0.2, 0.25) is 15.1 Å². The number of hydrogen-bond acceptors (Lipinski definition) is 4. The minimum atomic E-state index is -3.73. The number of rotatable bonds is 8. The third kappa shape index (κ3) is 6.46. The molecular weight excluding hydrogens is 435 g/mol. The maximum atomic E-state index is 12.2. The van der Waals surface area contributed by atoms with Gasteiger partial charge in [0.1, 0.15) is 18.9 Å². The summed E-state index contributed by atoms with van der Waals surface area (Å²) in [6.45, 7) is -0.0711. The molecule has 27 heavy (non-hydrogen) atoms. The Balaban J connectivity index is 1.95. The number of para-hydroxylation sites is 1. The van der Waals surface area contributed by atoms with Gasteiger partial charge in [0.2, 0.25) is 15.9 Å². The second-order valence-corrected chi connectivity index (χ2v) is 8.65. The number of sulfonamides is 1. The van der Waals surface area contributed by atoms with Crippen LogP contribution in [-0.4, -0.2) is 40.3 Å². The second kappa shape index (κ2) is 9.50. The number of carbonyl (C=O) groups excluding carboxylic acids is 1. The average molecular weight is 452 g/mol. The van der Waals surface area contributed by atoms with Crippen LogP contribution in [0, 0.1) is 0 Å². The van der Waals surface area contributed by atoms with E-state index < -0.39 is 22.5 Å². The third-order valence-corrected chi connectivity index (χ3v) is 5.36. The van der Waals surface area contributed by atoms with E-state index in [4.69, 9.17) is 39.5 Å². The summed E-state index contributed by atoms with van der Waals surface area (Å²) >= 11 is 17.9. The van der Waals surface area contributed by atoms with Gasteiger partial charge >= 0.3 is 0 Å². The van der Waals surface area contributed by atoms with Crippen molar-refractivity contribution >= 4 is 56.4 Å². The van der Waals surface area contributed by atoms with E-state index in [1.165, 1.54) is 18.2 Å². The van der Waals surface area contributed by atoms with Gasteiger partial charge in [0.25, 0.3) is 0 Å². The van der Waals surface area contributed by atoms with Crippen molar-refractivity contribution in [3.8, 4) is 5.75 Å². The first kappa shape index (κ1) is 21.6. The van der Waals surface area contributed by atoms with Crippen molar-refractivity contribution in [3.05, 3.63) is 57.5 Å². The largest absolute Gasteiger partial charge is 0.490 e. The third-order valence-electron chi connectivity index (χ3n) is 3.38. The molecule has 0 saturated heterocycles. The Bertz CT molecular complexity index is 922. The van der Waals surface area contributed by atoms with Crippen LogP contribution in [0.15, 0.2) is 42.5 Å².